The van der Waals surface area contributed by atoms with Crippen molar-refractivity contribution < 1.29 is 14.4 Å². The maximum atomic E-state index is 12.2. The largest absolute Gasteiger partial charge is 0.358 e. The number of nitrogens with one attached hydrogen (secondary N) is 1. The molecule has 3 atom stereocenters. The van der Waals surface area contributed by atoms with Gasteiger partial charge in [0.25, 0.3) is 0 Å². The summed E-state index contributed by atoms with van der Waals surface area (Å²) in [6.07, 6.45) is 6.78. The van der Waals surface area contributed by atoms with E-state index in [1.165, 1.54) is 12.0 Å². The fourth-order valence-electron chi connectivity index (χ4n) is 3.98. The van der Waals surface area contributed by atoms with Crippen molar-refractivity contribution in [2.24, 2.45) is 11.7 Å². The lowest BCUT2D eigenvalue weighted by Crippen LogP contribution is -2.43. The number of nitrogens with zero attached hydrogens (tertiary/aromatic N) is 1. The smallest absolute Gasteiger partial charge is 0.237 e. The number of hydrogen-bond acceptors (Lipinski definition) is 5. The van der Waals surface area contributed by atoms with Crippen LogP contribution in [0.25, 0.3) is 0 Å². The van der Waals surface area contributed by atoms with E-state index < -0.39 is 6.04 Å². The zero-order chi connectivity index (χ0) is 19.8. The highest BCUT2D eigenvalue weighted by molar-refractivity contribution is 5.82. The first-order valence-electron chi connectivity index (χ1n) is 9.68. The van der Waals surface area contributed by atoms with Crippen LogP contribution in [0.5, 0.6) is 0 Å². The average molecular weight is 373 g/mol. The Hall–Kier alpha value is -2.05. The number of carbonyl (C=O) groups is 3. The lowest BCUT2D eigenvalue weighted by Gasteiger charge is -2.27. The maximum Gasteiger partial charge on any atom is 0.237 e. The van der Waals surface area contributed by atoms with Gasteiger partial charge in [0.05, 0.1) is 6.04 Å². The van der Waals surface area contributed by atoms with Crippen molar-refractivity contribution in [2.75, 3.05) is 14.1 Å². The summed E-state index contributed by atoms with van der Waals surface area (Å²) in [6, 6.07) is 5.76. The average Bonchev–Trinajstić information content (AvgIpc) is 3.06. The monoisotopic (exact) mass is 373 g/mol. The Morgan fingerprint density at radius 3 is 2.74 bits per heavy atom. The van der Waals surface area contributed by atoms with Gasteiger partial charge in [-0.2, -0.15) is 0 Å². The molecular weight excluding hydrogens is 342 g/mol. The van der Waals surface area contributed by atoms with Gasteiger partial charge in [-0.1, -0.05) is 24.6 Å². The van der Waals surface area contributed by atoms with E-state index in [0.717, 1.165) is 37.4 Å². The molecule has 0 saturated heterocycles. The Balaban J connectivity index is 2.16. The Morgan fingerprint density at radius 2 is 2.15 bits per heavy atom. The van der Waals surface area contributed by atoms with Crippen LogP contribution in [0.1, 0.15) is 53.6 Å². The Bertz CT molecular complexity index is 662. The fourth-order valence-corrected chi connectivity index (χ4v) is 3.98. The SMILES string of the molecule is CNC(=O)C(CCC=O)N(C)Cc1cc(C[C@H]2CCCC2N)ccc1C=O. The Morgan fingerprint density at radius 1 is 1.37 bits per heavy atom. The maximum absolute atomic E-state index is 12.2. The van der Waals surface area contributed by atoms with Crippen LogP contribution in [0, 0.1) is 5.92 Å². The van der Waals surface area contributed by atoms with Crippen LogP contribution in [0.3, 0.4) is 0 Å². The van der Waals surface area contributed by atoms with Gasteiger partial charge in [-0.3, -0.25) is 14.5 Å². The van der Waals surface area contributed by atoms with Crippen molar-refractivity contribution in [3.63, 3.8) is 0 Å². The Labute approximate surface area is 161 Å². The van der Waals surface area contributed by atoms with Gasteiger partial charge in [-0.25, -0.2) is 0 Å². The highest BCUT2D eigenvalue weighted by Gasteiger charge is 2.25. The summed E-state index contributed by atoms with van der Waals surface area (Å²) >= 11 is 0. The molecule has 0 spiro atoms. The predicted octanol–water partition coefficient (Wildman–Crippen LogP) is 1.69. The molecule has 2 unspecified atom stereocenters. The molecule has 1 aliphatic carbocycles. The van der Waals surface area contributed by atoms with Crippen LogP contribution in [0.2, 0.25) is 0 Å². The number of likely N-dealkylation sites (N-methyl/N-ethyl adjacent to an activating group) is 2. The summed E-state index contributed by atoms with van der Waals surface area (Å²) in [5, 5.41) is 2.65. The first-order valence-corrected chi connectivity index (χ1v) is 9.68. The van der Waals surface area contributed by atoms with E-state index >= 15 is 0 Å². The predicted molar refractivity (Wildman–Crippen MR) is 105 cm³/mol. The number of amides is 1. The van der Waals surface area contributed by atoms with Gasteiger partial charge in [0.15, 0.2) is 0 Å². The third-order valence-electron chi connectivity index (χ3n) is 5.61. The van der Waals surface area contributed by atoms with Gasteiger partial charge >= 0.3 is 0 Å². The van der Waals surface area contributed by atoms with Crippen molar-refractivity contribution >= 4 is 18.5 Å². The summed E-state index contributed by atoms with van der Waals surface area (Å²) in [4.78, 5) is 36.3. The van der Waals surface area contributed by atoms with Gasteiger partial charge in [-0.05, 0) is 49.8 Å². The molecule has 0 radical (unpaired) electrons. The fraction of sp³-hybridized carbons (Fsp3) is 0.571. The van der Waals surface area contributed by atoms with Gasteiger partial charge < -0.3 is 15.8 Å². The van der Waals surface area contributed by atoms with E-state index in [1.54, 1.807) is 7.05 Å². The number of carbonyl (C=O) groups excluding carboxylic acids is 3. The van der Waals surface area contributed by atoms with Crippen LogP contribution in [0.4, 0.5) is 0 Å². The number of aldehydes is 2. The highest BCUT2D eigenvalue weighted by atomic mass is 16.2. The highest BCUT2D eigenvalue weighted by Crippen LogP contribution is 2.28. The number of hydrogen-bond donors (Lipinski definition) is 2. The third-order valence-corrected chi connectivity index (χ3v) is 5.61. The van der Waals surface area contributed by atoms with Crippen LogP contribution in [-0.4, -0.2) is 49.6 Å². The van der Waals surface area contributed by atoms with Crippen LogP contribution in [0.15, 0.2) is 18.2 Å². The molecule has 148 valence electrons. The lowest BCUT2D eigenvalue weighted by atomic mass is 9.93. The van der Waals surface area contributed by atoms with Crippen LogP contribution < -0.4 is 11.1 Å². The second-order valence-electron chi connectivity index (χ2n) is 7.50. The van der Waals surface area contributed by atoms with Gasteiger partial charge in [0.2, 0.25) is 5.91 Å². The van der Waals surface area contributed by atoms with Crippen molar-refractivity contribution in [3.05, 3.63) is 34.9 Å². The zero-order valence-corrected chi connectivity index (χ0v) is 16.3. The summed E-state index contributed by atoms with van der Waals surface area (Å²) in [5.74, 6) is 0.365. The molecule has 0 heterocycles. The first-order chi connectivity index (χ1) is 13.0. The van der Waals surface area contributed by atoms with E-state index in [2.05, 4.69) is 11.4 Å². The van der Waals surface area contributed by atoms with E-state index in [0.29, 0.717) is 30.9 Å². The molecular formula is C21H31N3O3. The molecule has 6 nitrogen and oxygen atoms in total. The molecule has 0 bridgehead atoms. The molecule has 1 saturated carbocycles. The molecule has 1 aromatic carbocycles. The minimum Gasteiger partial charge on any atom is -0.358 e. The molecule has 1 fully saturated rings. The van der Waals surface area contributed by atoms with Gasteiger partial charge in [-0.15, -0.1) is 0 Å². The second kappa shape index (κ2) is 10.3. The Kier molecular flexibility index (Phi) is 8.13. The lowest BCUT2D eigenvalue weighted by molar-refractivity contribution is -0.126. The minimum absolute atomic E-state index is 0.125. The molecule has 1 aliphatic rings. The van der Waals surface area contributed by atoms with Gasteiger partial charge in [0.1, 0.15) is 12.6 Å². The molecule has 6 heteroatoms. The zero-order valence-electron chi connectivity index (χ0n) is 16.3. The number of rotatable bonds is 10. The third kappa shape index (κ3) is 5.71. The van der Waals surface area contributed by atoms with Crippen molar-refractivity contribution in [2.45, 2.75) is 57.2 Å². The van der Waals surface area contributed by atoms with E-state index in [1.807, 2.05) is 24.1 Å². The molecule has 3 N–H and O–H groups in total. The molecule has 1 amide bonds. The molecule has 0 aromatic heterocycles. The summed E-state index contributed by atoms with van der Waals surface area (Å²) < 4.78 is 0. The number of nitrogens with two attached hydrogens (primary N) is 1. The van der Waals surface area contributed by atoms with Crippen molar-refractivity contribution in [1.82, 2.24) is 10.2 Å². The molecule has 1 aromatic rings. The van der Waals surface area contributed by atoms with Crippen molar-refractivity contribution in [3.8, 4) is 0 Å². The van der Waals surface area contributed by atoms with Crippen LogP contribution in [-0.2, 0) is 22.6 Å². The van der Waals surface area contributed by atoms with Crippen LogP contribution >= 0.6 is 0 Å². The molecule has 0 aliphatic heterocycles. The standard InChI is InChI=1S/C21H31N3O3/c1-23-21(27)20(7-4-10-25)24(2)13-18-12-15(8-9-17(18)14-26)11-16-5-3-6-19(16)22/h8-10,12,14,16,19-20H,3-7,11,13,22H2,1-2H3,(H,23,27)/t16-,19?,20?/m1/s1. The van der Waals surface area contributed by atoms with E-state index in [9.17, 15) is 14.4 Å². The second-order valence-corrected chi connectivity index (χ2v) is 7.50. The van der Waals surface area contributed by atoms with Crippen molar-refractivity contribution in [1.29, 1.82) is 0 Å². The van der Waals surface area contributed by atoms with Gasteiger partial charge in [0, 0.05) is 31.6 Å². The summed E-state index contributed by atoms with van der Waals surface area (Å²) in [5.41, 5.74) is 8.91. The quantitative estimate of drug-likeness (QED) is 0.609. The normalized spacial score (nSPS) is 20.4. The van der Waals surface area contributed by atoms with E-state index in [4.69, 9.17) is 5.73 Å². The summed E-state index contributed by atoms with van der Waals surface area (Å²) in [6.45, 7) is 0.468. The minimum atomic E-state index is -0.411. The molecule has 27 heavy (non-hydrogen) atoms. The van der Waals surface area contributed by atoms with E-state index in [-0.39, 0.29) is 11.9 Å². The summed E-state index contributed by atoms with van der Waals surface area (Å²) in [7, 11) is 3.44. The number of benzene rings is 1. The molecule has 2 rings (SSSR count). The first kappa shape index (κ1) is 21.3. The topological polar surface area (TPSA) is 92.5 Å².